The number of nitrogens with zero attached hydrogens (tertiary/aromatic N) is 4. The lowest BCUT2D eigenvalue weighted by atomic mass is 9.96. The van der Waals surface area contributed by atoms with Crippen molar-refractivity contribution in [2.24, 2.45) is 15.9 Å². The lowest BCUT2D eigenvalue weighted by molar-refractivity contribution is 0.0933. The molecule has 0 bridgehead atoms. The number of fused-ring (bicyclic) bond motifs is 3. The van der Waals surface area contributed by atoms with E-state index in [9.17, 15) is 4.79 Å². The maximum absolute atomic E-state index is 13.0. The number of likely N-dealkylation sites (tertiary alicyclic amines) is 1. The fourth-order valence-corrected chi connectivity index (χ4v) is 4.67. The SMILES string of the molecule is Cc1oc2c(c1C(=O)NCC1CCN(Cc3ccc(Cl)cc3)CC1)C1=NCCN1C=N2. The molecule has 0 aliphatic carbocycles. The van der Waals surface area contributed by atoms with Gasteiger partial charge in [0.1, 0.15) is 17.9 Å². The number of rotatable bonds is 5. The van der Waals surface area contributed by atoms with E-state index < -0.39 is 0 Å². The van der Waals surface area contributed by atoms with Gasteiger partial charge >= 0.3 is 0 Å². The van der Waals surface area contributed by atoms with E-state index in [0.717, 1.165) is 55.4 Å². The second kappa shape index (κ2) is 8.48. The van der Waals surface area contributed by atoms with E-state index in [4.69, 9.17) is 16.0 Å². The van der Waals surface area contributed by atoms with Crippen molar-refractivity contribution < 1.29 is 9.21 Å². The van der Waals surface area contributed by atoms with Gasteiger partial charge in [0.15, 0.2) is 0 Å². The van der Waals surface area contributed by atoms with Crippen molar-refractivity contribution in [1.29, 1.82) is 0 Å². The van der Waals surface area contributed by atoms with E-state index in [2.05, 4.69) is 32.3 Å². The summed E-state index contributed by atoms with van der Waals surface area (Å²) in [6.07, 6.45) is 3.87. The Morgan fingerprint density at radius 1 is 1.23 bits per heavy atom. The number of piperidine rings is 1. The number of carbonyl (C=O) groups excluding carboxylic acids is 1. The zero-order chi connectivity index (χ0) is 21.4. The lowest BCUT2D eigenvalue weighted by Crippen LogP contribution is -2.39. The summed E-state index contributed by atoms with van der Waals surface area (Å²) in [6.45, 7) is 6.99. The van der Waals surface area contributed by atoms with Crippen LogP contribution in [0, 0.1) is 12.8 Å². The number of amides is 1. The summed E-state index contributed by atoms with van der Waals surface area (Å²) in [5, 5.41) is 3.91. The highest BCUT2D eigenvalue weighted by atomic mass is 35.5. The van der Waals surface area contributed by atoms with Crippen LogP contribution in [0.1, 0.15) is 40.1 Å². The van der Waals surface area contributed by atoms with E-state index in [1.165, 1.54) is 5.56 Å². The van der Waals surface area contributed by atoms with Crippen molar-refractivity contribution in [3.8, 4) is 0 Å². The zero-order valence-corrected chi connectivity index (χ0v) is 18.4. The third-order valence-corrected chi connectivity index (χ3v) is 6.54. The average Bonchev–Trinajstić information content (AvgIpc) is 3.38. The summed E-state index contributed by atoms with van der Waals surface area (Å²) in [4.78, 5) is 26.4. The van der Waals surface area contributed by atoms with Crippen LogP contribution < -0.4 is 5.32 Å². The molecule has 0 spiro atoms. The molecule has 162 valence electrons. The summed E-state index contributed by atoms with van der Waals surface area (Å²) in [6, 6.07) is 8.06. The minimum Gasteiger partial charge on any atom is -0.442 e. The summed E-state index contributed by atoms with van der Waals surface area (Å²) < 4.78 is 5.76. The number of hydrogen-bond donors (Lipinski definition) is 1. The Morgan fingerprint density at radius 2 is 2.00 bits per heavy atom. The number of aryl methyl sites for hydroxylation is 1. The molecule has 0 saturated carbocycles. The molecule has 8 heteroatoms. The zero-order valence-electron chi connectivity index (χ0n) is 17.6. The van der Waals surface area contributed by atoms with Crippen molar-refractivity contribution in [3.05, 3.63) is 51.7 Å². The van der Waals surface area contributed by atoms with E-state index in [1.54, 1.807) is 6.34 Å². The van der Waals surface area contributed by atoms with Gasteiger partial charge in [-0.05, 0) is 56.5 Å². The number of aliphatic imine (C=N–C) groups is 2. The van der Waals surface area contributed by atoms with Crippen LogP contribution in [0.2, 0.25) is 5.02 Å². The molecule has 1 saturated heterocycles. The Balaban J connectivity index is 1.17. The Morgan fingerprint density at radius 3 is 2.77 bits per heavy atom. The van der Waals surface area contributed by atoms with Gasteiger partial charge in [-0.15, -0.1) is 0 Å². The van der Waals surface area contributed by atoms with Crippen LogP contribution in [0.15, 0.2) is 38.7 Å². The predicted octanol–water partition coefficient (Wildman–Crippen LogP) is 3.62. The Labute approximate surface area is 186 Å². The molecule has 0 radical (unpaired) electrons. The van der Waals surface area contributed by atoms with Crippen LogP contribution in [0.3, 0.4) is 0 Å². The van der Waals surface area contributed by atoms with E-state index in [1.807, 2.05) is 24.0 Å². The maximum atomic E-state index is 13.0. The van der Waals surface area contributed by atoms with Crippen LogP contribution >= 0.6 is 11.6 Å². The fraction of sp³-hybridized carbons (Fsp3) is 0.435. The van der Waals surface area contributed by atoms with Gasteiger partial charge < -0.3 is 14.6 Å². The lowest BCUT2D eigenvalue weighted by Gasteiger charge is -2.32. The number of nitrogens with one attached hydrogen (secondary N) is 1. The Bertz CT molecular complexity index is 1030. The second-order valence-corrected chi connectivity index (χ2v) is 8.85. The Kier molecular flexibility index (Phi) is 5.54. The number of amidine groups is 1. The average molecular weight is 440 g/mol. The summed E-state index contributed by atoms with van der Waals surface area (Å²) in [7, 11) is 0. The number of benzene rings is 1. The van der Waals surface area contributed by atoms with Gasteiger partial charge in [-0.25, -0.2) is 4.99 Å². The third-order valence-electron chi connectivity index (χ3n) is 6.28. The monoisotopic (exact) mass is 439 g/mol. The fourth-order valence-electron chi connectivity index (χ4n) is 4.54. The highest BCUT2D eigenvalue weighted by Crippen LogP contribution is 2.34. The topological polar surface area (TPSA) is 73.4 Å². The van der Waals surface area contributed by atoms with Crippen molar-refractivity contribution in [1.82, 2.24) is 15.1 Å². The first-order valence-electron chi connectivity index (χ1n) is 10.8. The summed E-state index contributed by atoms with van der Waals surface area (Å²) in [5.41, 5.74) is 2.58. The molecule has 7 nitrogen and oxygen atoms in total. The highest BCUT2D eigenvalue weighted by molar-refractivity contribution is 6.30. The van der Waals surface area contributed by atoms with Crippen molar-refractivity contribution in [2.75, 3.05) is 32.7 Å². The standard InChI is InChI=1S/C23H26ClN5O2/c1-15-19(20-21-25-8-11-29(21)14-27-23(20)31-15)22(30)26-12-16-6-9-28(10-7-16)13-17-2-4-18(24)5-3-17/h2-5,14,16H,6-13H2,1H3,(H,26,30). The molecular weight excluding hydrogens is 414 g/mol. The molecule has 1 aromatic carbocycles. The first-order valence-corrected chi connectivity index (χ1v) is 11.2. The van der Waals surface area contributed by atoms with Crippen LogP contribution in [-0.2, 0) is 6.54 Å². The predicted molar refractivity (Wildman–Crippen MR) is 121 cm³/mol. The largest absolute Gasteiger partial charge is 0.442 e. The van der Waals surface area contributed by atoms with Gasteiger partial charge in [0.05, 0.1) is 17.7 Å². The number of hydrogen-bond acceptors (Lipinski definition) is 6. The second-order valence-electron chi connectivity index (χ2n) is 8.41. The molecule has 3 aliphatic rings. The highest BCUT2D eigenvalue weighted by Gasteiger charge is 2.33. The Hall–Kier alpha value is -2.64. The number of furan rings is 1. The smallest absolute Gasteiger partial charge is 0.255 e. The van der Waals surface area contributed by atoms with Crippen molar-refractivity contribution in [2.45, 2.75) is 26.3 Å². The molecule has 3 aliphatic heterocycles. The van der Waals surface area contributed by atoms with Gasteiger partial charge in [-0.3, -0.25) is 14.7 Å². The van der Waals surface area contributed by atoms with Gasteiger partial charge in [0.25, 0.3) is 5.91 Å². The minimum absolute atomic E-state index is 0.0993. The van der Waals surface area contributed by atoms with Crippen molar-refractivity contribution in [3.63, 3.8) is 0 Å². The van der Waals surface area contributed by atoms with Gasteiger partial charge in [0, 0.05) is 24.7 Å². The normalized spacial score (nSPS) is 18.6. The van der Waals surface area contributed by atoms with Gasteiger partial charge in [0.2, 0.25) is 5.88 Å². The third kappa shape index (κ3) is 4.12. The van der Waals surface area contributed by atoms with Crippen LogP contribution in [0.25, 0.3) is 0 Å². The molecule has 1 aromatic heterocycles. The number of halogens is 1. The van der Waals surface area contributed by atoms with Gasteiger partial charge in [-0.1, -0.05) is 23.7 Å². The molecule has 4 heterocycles. The summed E-state index contributed by atoms with van der Waals surface area (Å²) in [5.74, 6) is 2.25. The molecule has 1 amide bonds. The first-order chi connectivity index (χ1) is 15.1. The van der Waals surface area contributed by atoms with E-state index in [-0.39, 0.29) is 5.91 Å². The first kappa shape index (κ1) is 20.3. The molecular formula is C23H26ClN5O2. The molecule has 5 rings (SSSR count). The van der Waals surface area contributed by atoms with E-state index in [0.29, 0.717) is 36.2 Å². The maximum Gasteiger partial charge on any atom is 0.255 e. The van der Waals surface area contributed by atoms with Crippen LogP contribution in [0.4, 0.5) is 5.88 Å². The quantitative estimate of drug-likeness (QED) is 0.772. The molecule has 1 N–H and O–H groups in total. The van der Waals surface area contributed by atoms with Gasteiger partial charge in [-0.2, -0.15) is 0 Å². The number of carbonyl (C=O) groups is 1. The van der Waals surface area contributed by atoms with Crippen LogP contribution in [-0.4, -0.2) is 60.6 Å². The molecule has 31 heavy (non-hydrogen) atoms. The molecule has 0 unspecified atom stereocenters. The molecule has 2 aromatic rings. The summed E-state index contributed by atoms with van der Waals surface area (Å²) >= 11 is 5.98. The molecule has 0 atom stereocenters. The van der Waals surface area contributed by atoms with Crippen LogP contribution in [0.5, 0.6) is 0 Å². The van der Waals surface area contributed by atoms with Crippen molar-refractivity contribution >= 4 is 35.6 Å². The molecule has 1 fully saturated rings. The van der Waals surface area contributed by atoms with E-state index >= 15 is 0 Å². The minimum atomic E-state index is -0.0993.